The smallest absolute Gasteiger partial charge is 0.410 e. The van der Waals surface area contributed by atoms with Gasteiger partial charge in [-0.3, -0.25) is 9.59 Å². The van der Waals surface area contributed by atoms with Crippen LogP contribution in [0.5, 0.6) is 0 Å². The Morgan fingerprint density at radius 1 is 1.07 bits per heavy atom. The van der Waals surface area contributed by atoms with Crippen LogP contribution >= 0.6 is 0 Å². The lowest BCUT2D eigenvalue weighted by molar-refractivity contribution is -0.152. The molecule has 1 aliphatic rings. The third kappa shape index (κ3) is 6.08. The van der Waals surface area contributed by atoms with Crippen LogP contribution < -0.4 is 0 Å². The Morgan fingerprint density at radius 3 is 2.15 bits per heavy atom. The summed E-state index contributed by atoms with van der Waals surface area (Å²) in [7, 11) is 0. The van der Waals surface area contributed by atoms with Gasteiger partial charge in [0.1, 0.15) is 5.60 Å². The summed E-state index contributed by atoms with van der Waals surface area (Å²) in [6.07, 6.45) is -0.186. The van der Waals surface area contributed by atoms with Gasteiger partial charge in [-0.25, -0.2) is 4.79 Å². The Kier molecular flexibility index (Phi) is 6.63. The van der Waals surface area contributed by atoms with Crippen LogP contribution in [-0.4, -0.2) is 47.5 Å². The van der Waals surface area contributed by atoms with E-state index in [2.05, 4.69) is 0 Å². The van der Waals surface area contributed by atoms with Crippen molar-refractivity contribution in [1.29, 1.82) is 0 Å². The normalized spacial score (nSPS) is 16.6. The molecule has 1 aromatic carbocycles. The van der Waals surface area contributed by atoms with E-state index in [9.17, 15) is 14.4 Å². The summed E-state index contributed by atoms with van der Waals surface area (Å²) < 4.78 is 10.7. The molecule has 0 radical (unpaired) electrons. The highest BCUT2D eigenvalue weighted by Crippen LogP contribution is 2.22. The van der Waals surface area contributed by atoms with Gasteiger partial charge in [0.25, 0.3) is 0 Å². The molecule has 1 atom stereocenters. The summed E-state index contributed by atoms with van der Waals surface area (Å²) in [6, 6.07) is 7.19. The van der Waals surface area contributed by atoms with E-state index < -0.39 is 11.7 Å². The van der Waals surface area contributed by atoms with Gasteiger partial charge in [0.2, 0.25) is 5.78 Å². The van der Waals surface area contributed by atoms with Crippen LogP contribution in [0.1, 0.15) is 56.5 Å². The second-order valence-corrected chi connectivity index (χ2v) is 8.05. The number of nitrogens with zero attached hydrogens (tertiary/aromatic N) is 1. The lowest BCUT2D eigenvalue weighted by Crippen LogP contribution is -2.43. The van der Waals surface area contributed by atoms with Gasteiger partial charge < -0.3 is 14.4 Å². The summed E-state index contributed by atoms with van der Waals surface area (Å²) in [4.78, 5) is 38.5. The molecule has 0 unspecified atom stereocenters. The summed E-state index contributed by atoms with van der Waals surface area (Å²) in [5.74, 6) is -0.904. The maximum absolute atomic E-state index is 12.4. The van der Waals surface area contributed by atoms with Crippen molar-refractivity contribution < 1.29 is 23.9 Å². The summed E-state index contributed by atoms with van der Waals surface area (Å²) in [5.41, 5.74) is 1.05. The zero-order chi connectivity index (χ0) is 20.2. The molecule has 148 valence electrons. The predicted octanol–water partition coefficient (Wildman–Crippen LogP) is 3.76. The number of Topliss-reactive ketones (excluding diaryl/α,β-unsaturated/α-hetero) is 1. The van der Waals surface area contributed by atoms with E-state index >= 15 is 0 Å². The standard InChI is InChI=1S/C21H29NO5/c1-14-6-8-16(9-7-14)18(23)15(2)26-19(24)17-10-12-22(13-11-17)20(25)27-21(3,4)5/h6-9,15,17H,10-13H2,1-5H3/t15-/m1/s1. The van der Waals surface area contributed by atoms with Gasteiger partial charge in [-0.15, -0.1) is 0 Å². The average Bonchev–Trinajstić information content (AvgIpc) is 2.60. The number of esters is 1. The number of benzene rings is 1. The van der Waals surface area contributed by atoms with Crippen LogP contribution in [-0.2, 0) is 14.3 Å². The summed E-state index contributed by atoms with van der Waals surface area (Å²) in [5, 5.41) is 0. The first-order chi connectivity index (χ1) is 12.6. The Hall–Kier alpha value is -2.37. The number of amides is 1. The molecule has 1 saturated heterocycles. The number of carbonyl (C=O) groups is 3. The van der Waals surface area contributed by atoms with Crippen LogP contribution in [0.15, 0.2) is 24.3 Å². The molecule has 1 aromatic rings. The van der Waals surface area contributed by atoms with Crippen molar-refractivity contribution in [2.75, 3.05) is 13.1 Å². The van der Waals surface area contributed by atoms with Gasteiger partial charge in [0.05, 0.1) is 5.92 Å². The molecule has 1 amide bonds. The van der Waals surface area contributed by atoms with Crippen molar-refractivity contribution in [1.82, 2.24) is 4.90 Å². The Balaban J connectivity index is 1.84. The largest absolute Gasteiger partial charge is 0.454 e. The van der Waals surface area contributed by atoms with Crippen molar-refractivity contribution >= 4 is 17.8 Å². The van der Waals surface area contributed by atoms with Crippen molar-refractivity contribution in [2.24, 2.45) is 5.92 Å². The summed E-state index contributed by atoms with van der Waals surface area (Å²) in [6.45, 7) is 9.88. The SMILES string of the molecule is Cc1ccc(C(=O)[C@@H](C)OC(=O)C2CCN(C(=O)OC(C)(C)C)CC2)cc1. The first-order valence-electron chi connectivity index (χ1n) is 9.36. The highest BCUT2D eigenvalue weighted by atomic mass is 16.6. The maximum Gasteiger partial charge on any atom is 0.410 e. The second kappa shape index (κ2) is 8.55. The number of ether oxygens (including phenoxy) is 2. The van der Waals surface area contributed by atoms with Gasteiger partial charge in [0, 0.05) is 18.7 Å². The van der Waals surface area contributed by atoms with E-state index in [1.54, 1.807) is 24.0 Å². The number of carbonyl (C=O) groups excluding carboxylic acids is 3. The van der Waals surface area contributed by atoms with E-state index in [4.69, 9.17) is 9.47 Å². The first kappa shape index (κ1) is 20.9. The van der Waals surface area contributed by atoms with Crippen molar-refractivity contribution in [3.8, 4) is 0 Å². The molecular weight excluding hydrogens is 346 g/mol. The van der Waals surface area contributed by atoms with Crippen LogP contribution in [0.3, 0.4) is 0 Å². The maximum atomic E-state index is 12.4. The molecule has 0 saturated carbocycles. The molecule has 1 fully saturated rings. The van der Waals surface area contributed by atoms with Crippen molar-refractivity contribution in [3.05, 3.63) is 35.4 Å². The van der Waals surface area contributed by atoms with E-state index in [0.717, 1.165) is 5.56 Å². The molecule has 27 heavy (non-hydrogen) atoms. The van der Waals surface area contributed by atoms with Gasteiger partial charge in [0.15, 0.2) is 6.10 Å². The molecule has 6 nitrogen and oxygen atoms in total. The monoisotopic (exact) mass is 375 g/mol. The number of hydrogen-bond donors (Lipinski definition) is 0. The molecule has 1 aliphatic heterocycles. The van der Waals surface area contributed by atoms with Crippen LogP contribution in [0.25, 0.3) is 0 Å². The molecule has 0 aromatic heterocycles. The number of piperidine rings is 1. The topological polar surface area (TPSA) is 72.9 Å². The van der Waals surface area contributed by atoms with Crippen molar-refractivity contribution in [2.45, 2.75) is 59.2 Å². The number of aryl methyl sites for hydroxylation is 1. The van der Waals surface area contributed by atoms with E-state index in [1.807, 2.05) is 39.8 Å². The number of rotatable bonds is 4. The predicted molar refractivity (Wildman–Crippen MR) is 102 cm³/mol. The molecule has 0 aliphatic carbocycles. The fraction of sp³-hybridized carbons (Fsp3) is 0.571. The molecule has 0 bridgehead atoms. The molecule has 6 heteroatoms. The highest BCUT2D eigenvalue weighted by Gasteiger charge is 2.32. The average molecular weight is 375 g/mol. The quantitative estimate of drug-likeness (QED) is 0.592. The second-order valence-electron chi connectivity index (χ2n) is 8.05. The minimum atomic E-state index is -0.830. The zero-order valence-electron chi connectivity index (χ0n) is 16.8. The Morgan fingerprint density at radius 2 is 1.63 bits per heavy atom. The molecule has 0 N–H and O–H groups in total. The van der Waals surface area contributed by atoms with Crippen molar-refractivity contribution in [3.63, 3.8) is 0 Å². The van der Waals surface area contributed by atoms with Gasteiger partial charge >= 0.3 is 12.1 Å². The van der Waals surface area contributed by atoms with Gasteiger partial charge in [-0.1, -0.05) is 29.8 Å². The van der Waals surface area contributed by atoms with Gasteiger partial charge in [-0.05, 0) is 47.5 Å². The Bertz CT molecular complexity index is 682. The third-order valence-corrected chi connectivity index (χ3v) is 4.48. The van der Waals surface area contributed by atoms with E-state index in [-0.39, 0.29) is 23.8 Å². The van der Waals surface area contributed by atoms with Crippen LogP contribution in [0.4, 0.5) is 4.79 Å². The molecule has 1 heterocycles. The number of likely N-dealkylation sites (tertiary alicyclic amines) is 1. The fourth-order valence-electron chi connectivity index (χ4n) is 2.90. The highest BCUT2D eigenvalue weighted by molar-refractivity contribution is 6.00. The third-order valence-electron chi connectivity index (χ3n) is 4.48. The molecular formula is C21H29NO5. The summed E-state index contributed by atoms with van der Waals surface area (Å²) >= 11 is 0. The minimum Gasteiger partial charge on any atom is -0.454 e. The fourth-order valence-corrected chi connectivity index (χ4v) is 2.90. The molecule has 2 rings (SSSR count). The lowest BCUT2D eigenvalue weighted by Gasteiger charge is -2.32. The zero-order valence-corrected chi connectivity index (χ0v) is 16.8. The van der Waals surface area contributed by atoms with E-state index in [0.29, 0.717) is 31.5 Å². The Labute approximate surface area is 160 Å². The van der Waals surface area contributed by atoms with Crippen LogP contribution in [0.2, 0.25) is 0 Å². The lowest BCUT2D eigenvalue weighted by atomic mass is 9.97. The van der Waals surface area contributed by atoms with Crippen LogP contribution in [0, 0.1) is 12.8 Å². The van der Waals surface area contributed by atoms with Gasteiger partial charge in [-0.2, -0.15) is 0 Å². The minimum absolute atomic E-state index is 0.213. The first-order valence-corrected chi connectivity index (χ1v) is 9.36. The van der Waals surface area contributed by atoms with E-state index in [1.165, 1.54) is 0 Å². The number of ketones is 1. The number of hydrogen-bond acceptors (Lipinski definition) is 5. The molecule has 0 spiro atoms.